The Morgan fingerprint density at radius 3 is 2.82 bits per heavy atom. The zero-order chi connectivity index (χ0) is 16.4. The van der Waals surface area contributed by atoms with Crippen molar-refractivity contribution in [3.8, 4) is 5.75 Å². The second kappa shape index (κ2) is 9.66. The Morgan fingerprint density at radius 1 is 1.41 bits per heavy atom. The van der Waals surface area contributed by atoms with Crippen LogP contribution in [0.4, 0.5) is 5.69 Å². The lowest BCUT2D eigenvalue weighted by Crippen LogP contribution is -2.26. The number of nitrogens with one attached hydrogen (secondary N) is 1. The maximum Gasteiger partial charge on any atom is 0.250 e. The number of amides is 1. The summed E-state index contributed by atoms with van der Waals surface area (Å²) in [6.45, 7) is 6.99. The number of rotatable bonds is 8. The zero-order valence-electron chi connectivity index (χ0n) is 13.7. The average Bonchev–Trinajstić information content (AvgIpc) is 2.51. The highest BCUT2D eigenvalue weighted by Gasteiger charge is 2.04. The van der Waals surface area contributed by atoms with Crippen molar-refractivity contribution in [2.75, 3.05) is 18.9 Å². The van der Waals surface area contributed by atoms with Gasteiger partial charge in [0.1, 0.15) is 5.75 Å². The third-order valence-corrected chi connectivity index (χ3v) is 3.22. The van der Waals surface area contributed by atoms with Crippen LogP contribution in [0, 0.1) is 6.92 Å². The molecule has 0 spiro atoms. The molecule has 0 aliphatic heterocycles. The molecule has 1 amide bonds. The van der Waals surface area contributed by atoms with Crippen molar-refractivity contribution >= 4 is 11.6 Å². The van der Waals surface area contributed by atoms with Crippen LogP contribution in [-0.2, 0) is 4.79 Å². The van der Waals surface area contributed by atoms with Crippen LogP contribution in [0.2, 0.25) is 0 Å². The molecule has 0 aliphatic carbocycles. The van der Waals surface area contributed by atoms with Gasteiger partial charge in [0.15, 0.2) is 0 Å². The van der Waals surface area contributed by atoms with E-state index in [1.54, 1.807) is 0 Å². The molecule has 22 heavy (non-hydrogen) atoms. The summed E-state index contributed by atoms with van der Waals surface area (Å²) in [5.74, 6) is 0.758. The van der Waals surface area contributed by atoms with Gasteiger partial charge in [0.2, 0.25) is 0 Å². The Bertz CT molecular complexity index is 548. The first-order valence-electron chi connectivity index (χ1n) is 7.68. The fourth-order valence-electron chi connectivity index (χ4n) is 1.85. The molecule has 0 fully saturated rings. The van der Waals surface area contributed by atoms with Gasteiger partial charge >= 0.3 is 0 Å². The SMILES string of the molecule is C/C=C(\C=C/CC)C(=O)NCCCOc1ccc(N)c(C)c1. The summed E-state index contributed by atoms with van der Waals surface area (Å²) in [4.78, 5) is 11.9. The van der Waals surface area contributed by atoms with E-state index in [0.29, 0.717) is 18.7 Å². The Hall–Kier alpha value is -2.23. The van der Waals surface area contributed by atoms with E-state index in [2.05, 4.69) is 5.32 Å². The predicted molar refractivity (Wildman–Crippen MR) is 91.9 cm³/mol. The zero-order valence-corrected chi connectivity index (χ0v) is 13.7. The van der Waals surface area contributed by atoms with Crippen molar-refractivity contribution in [1.82, 2.24) is 5.32 Å². The van der Waals surface area contributed by atoms with Gasteiger partial charge in [-0.3, -0.25) is 4.79 Å². The highest BCUT2D eigenvalue weighted by atomic mass is 16.5. The van der Waals surface area contributed by atoms with Crippen molar-refractivity contribution in [3.63, 3.8) is 0 Å². The van der Waals surface area contributed by atoms with Crippen molar-refractivity contribution in [3.05, 3.63) is 47.6 Å². The summed E-state index contributed by atoms with van der Waals surface area (Å²) < 4.78 is 5.64. The Balaban J connectivity index is 2.28. The quantitative estimate of drug-likeness (QED) is 0.335. The lowest BCUT2D eigenvalue weighted by molar-refractivity contribution is -0.117. The summed E-state index contributed by atoms with van der Waals surface area (Å²) in [7, 11) is 0. The van der Waals surface area contributed by atoms with Gasteiger partial charge in [0, 0.05) is 17.8 Å². The molecule has 1 aromatic carbocycles. The Morgan fingerprint density at radius 2 is 2.18 bits per heavy atom. The van der Waals surface area contributed by atoms with Gasteiger partial charge in [0.05, 0.1) is 6.61 Å². The number of ether oxygens (including phenoxy) is 1. The van der Waals surface area contributed by atoms with Crippen molar-refractivity contribution in [2.45, 2.75) is 33.6 Å². The monoisotopic (exact) mass is 302 g/mol. The van der Waals surface area contributed by atoms with E-state index in [9.17, 15) is 4.79 Å². The molecule has 4 nitrogen and oxygen atoms in total. The maximum absolute atomic E-state index is 11.9. The molecule has 1 aromatic rings. The van der Waals surface area contributed by atoms with E-state index in [1.165, 1.54) is 0 Å². The number of carbonyl (C=O) groups excluding carboxylic acids is 1. The fraction of sp³-hybridized carbons (Fsp3) is 0.389. The smallest absolute Gasteiger partial charge is 0.250 e. The molecule has 0 unspecified atom stereocenters. The third kappa shape index (κ3) is 6.04. The van der Waals surface area contributed by atoms with Crippen LogP contribution >= 0.6 is 0 Å². The molecular weight excluding hydrogens is 276 g/mol. The molecule has 3 N–H and O–H groups in total. The average molecular weight is 302 g/mol. The number of anilines is 1. The molecule has 0 saturated heterocycles. The number of nitrogens with two attached hydrogens (primary N) is 1. The van der Waals surface area contributed by atoms with Crippen LogP contribution in [0.3, 0.4) is 0 Å². The van der Waals surface area contributed by atoms with Gasteiger partial charge < -0.3 is 15.8 Å². The number of carbonyl (C=O) groups is 1. The van der Waals surface area contributed by atoms with Gasteiger partial charge in [-0.05, 0) is 50.5 Å². The molecule has 0 bridgehead atoms. The first kappa shape index (κ1) is 17.8. The molecule has 0 radical (unpaired) electrons. The molecule has 0 atom stereocenters. The molecule has 0 aromatic heterocycles. The van der Waals surface area contributed by atoms with Crippen LogP contribution < -0.4 is 15.8 Å². The van der Waals surface area contributed by atoms with Crippen LogP contribution in [0.15, 0.2) is 42.0 Å². The topological polar surface area (TPSA) is 64.3 Å². The number of hydrogen-bond donors (Lipinski definition) is 2. The number of benzene rings is 1. The summed E-state index contributed by atoms with van der Waals surface area (Å²) >= 11 is 0. The van der Waals surface area contributed by atoms with E-state index in [4.69, 9.17) is 10.5 Å². The summed E-state index contributed by atoms with van der Waals surface area (Å²) in [6, 6.07) is 5.61. The summed E-state index contributed by atoms with van der Waals surface area (Å²) in [5.41, 5.74) is 8.22. The fourth-order valence-corrected chi connectivity index (χ4v) is 1.85. The van der Waals surface area contributed by atoms with Gasteiger partial charge in [0.25, 0.3) is 5.91 Å². The van der Waals surface area contributed by atoms with E-state index in [1.807, 2.05) is 57.2 Å². The van der Waals surface area contributed by atoms with Crippen LogP contribution in [0.5, 0.6) is 5.75 Å². The highest BCUT2D eigenvalue weighted by Crippen LogP contribution is 2.18. The van der Waals surface area contributed by atoms with E-state index in [-0.39, 0.29) is 5.91 Å². The van der Waals surface area contributed by atoms with Gasteiger partial charge in [-0.2, -0.15) is 0 Å². The van der Waals surface area contributed by atoms with Crippen LogP contribution in [0.1, 0.15) is 32.3 Å². The van der Waals surface area contributed by atoms with Crippen molar-refractivity contribution < 1.29 is 9.53 Å². The van der Waals surface area contributed by atoms with Crippen molar-refractivity contribution in [1.29, 1.82) is 0 Å². The molecule has 0 aliphatic rings. The van der Waals surface area contributed by atoms with E-state index >= 15 is 0 Å². The van der Waals surface area contributed by atoms with E-state index < -0.39 is 0 Å². The number of allylic oxidation sites excluding steroid dienone is 2. The molecular formula is C18H26N2O2. The molecule has 1 rings (SSSR count). The lowest BCUT2D eigenvalue weighted by atomic mass is 10.2. The van der Waals surface area contributed by atoms with Crippen LogP contribution in [-0.4, -0.2) is 19.1 Å². The van der Waals surface area contributed by atoms with Gasteiger partial charge in [-0.1, -0.05) is 25.2 Å². The predicted octanol–water partition coefficient (Wildman–Crippen LogP) is 3.37. The minimum Gasteiger partial charge on any atom is -0.494 e. The van der Waals surface area contributed by atoms with Gasteiger partial charge in [-0.15, -0.1) is 0 Å². The number of hydrogen-bond acceptors (Lipinski definition) is 3. The second-order valence-corrected chi connectivity index (χ2v) is 5.03. The highest BCUT2D eigenvalue weighted by molar-refractivity contribution is 5.95. The van der Waals surface area contributed by atoms with E-state index in [0.717, 1.165) is 29.8 Å². The third-order valence-electron chi connectivity index (χ3n) is 3.22. The first-order valence-corrected chi connectivity index (χ1v) is 7.68. The largest absolute Gasteiger partial charge is 0.494 e. The van der Waals surface area contributed by atoms with Crippen molar-refractivity contribution in [2.24, 2.45) is 0 Å². The van der Waals surface area contributed by atoms with Crippen LogP contribution in [0.25, 0.3) is 0 Å². The molecule has 0 saturated carbocycles. The molecule has 0 heterocycles. The number of aryl methyl sites for hydroxylation is 1. The Kier molecular flexibility index (Phi) is 7.83. The minimum atomic E-state index is -0.0458. The lowest BCUT2D eigenvalue weighted by Gasteiger charge is -2.09. The van der Waals surface area contributed by atoms with Gasteiger partial charge in [-0.25, -0.2) is 0 Å². The minimum absolute atomic E-state index is 0.0458. The maximum atomic E-state index is 11.9. The first-order chi connectivity index (χ1) is 10.6. The molecule has 4 heteroatoms. The number of nitrogen functional groups attached to an aromatic ring is 1. The standard InChI is InChI=1S/C18H26N2O2/c1-4-6-8-15(5-2)18(21)20-11-7-12-22-16-9-10-17(19)14(3)13-16/h5-6,8-10,13H,4,7,11-12,19H2,1-3H3,(H,20,21)/b8-6-,15-5+. The summed E-state index contributed by atoms with van der Waals surface area (Å²) in [5, 5.41) is 2.89. The normalized spacial score (nSPS) is 11.7. The molecule has 120 valence electrons. The Labute approximate surface area is 133 Å². The second-order valence-electron chi connectivity index (χ2n) is 5.03. The summed E-state index contributed by atoms with van der Waals surface area (Å²) in [6.07, 6.45) is 7.31.